The maximum Gasteiger partial charge on any atom is 0.123 e. The van der Waals surface area contributed by atoms with Crippen molar-refractivity contribution in [2.75, 3.05) is 0 Å². The molecule has 1 heterocycles. The molecular weight excluding hydrogens is 369 g/mol. The highest BCUT2D eigenvalue weighted by Gasteiger charge is 2.59. The van der Waals surface area contributed by atoms with Crippen LogP contribution in [0.1, 0.15) is 72.9 Å². The standard InChI is InChI=1S/C28H34FN/c1-7-9-13-28(16-18(28)8-2)19-10-11-20(29)23-22(19)24-21-17(12-14-30-24)15-26(3,4)25(21)27(23,5)6/h9,11-15,18-19H,7-8,10,16H2,1-6H3. The van der Waals surface area contributed by atoms with Crippen LogP contribution in [0.2, 0.25) is 0 Å². The molecule has 3 unspecified atom stereocenters. The van der Waals surface area contributed by atoms with Crippen molar-refractivity contribution in [2.45, 2.75) is 67.2 Å². The van der Waals surface area contributed by atoms with Gasteiger partial charge in [-0.15, -0.1) is 0 Å². The second-order valence-electron chi connectivity index (χ2n) is 10.9. The Balaban J connectivity index is 1.82. The normalized spacial score (nSPS) is 32.6. The minimum absolute atomic E-state index is 0.0253. The molecule has 1 aromatic heterocycles. The van der Waals surface area contributed by atoms with E-state index in [1.165, 1.54) is 34.4 Å². The highest BCUT2D eigenvalue weighted by Crippen LogP contribution is 2.67. The number of allylic oxidation sites excluding steroid dienone is 6. The molecule has 4 aliphatic carbocycles. The SMILES string of the molecule is CCC=CC1(C2CC=C(F)C3=C2c2nccc4c2=C(C(C)(C)C=4)C3(C)C)CC1CC. The smallest absolute Gasteiger partial charge is 0.123 e. The van der Waals surface area contributed by atoms with Gasteiger partial charge in [0.05, 0.1) is 5.69 Å². The highest BCUT2D eigenvalue weighted by atomic mass is 19.1. The van der Waals surface area contributed by atoms with Crippen molar-refractivity contribution in [1.29, 1.82) is 0 Å². The van der Waals surface area contributed by atoms with Crippen LogP contribution in [0.3, 0.4) is 0 Å². The van der Waals surface area contributed by atoms with Crippen molar-refractivity contribution >= 4 is 17.2 Å². The molecule has 1 nitrogen and oxygen atoms in total. The van der Waals surface area contributed by atoms with Gasteiger partial charge >= 0.3 is 0 Å². The van der Waals surface area contributed by atoms with Gasteiger partial charge in [-0.25, -0.2) is 4.39 Å². The summed E-state index contributed by atoms with van der Waals surface area (Å²) < 4.78 is 15.6. The molecule has 0 spiro atoms. The lowest BCUT2D eigenvalue weighted by Gasteiger charge is -2.44. The average Bonchev–Trinajstić information content (AvgIpc) is 3.32. The fraction of sp³-hybridized carbons (Fsp3) is 0.536. The van der Waals surface area contributed by atoms with E-state index < -0.39 is 0 Å². The van der Waals surface area contributed by atoms with E-state index in [1.54, 1.807) is 0 Å². The summed E-state index contributed by atoms with van der Waals surface area (Å²) in [4.78, 5) is 4.93. The van der Waals surface area contributed by atoms with Crippen LogP contribution in [0, 0.1) is 28.1 Å². The predicted molar refractivity (Wildman–Crippen MR) is 123 cm³/mol. The second-order valence-corrected chi connectivity index (χ2v) is 10.9. The first-order valence-electron chi connectivity index (χ1n) is 11.7. The number of hydrogen-bond donors (Lipinski definition) is 0. The molecule has 3 atom stereocenters. The third kappa shape index (κ3) is 2.43. The highest BCUT2D eigenvalue weighted by molar-refractivity contribution is 5.88. The van der Waals surface area contributed by atoms with Crippen LogP contribution in [0.25, 0.3) is 17.2 Å². The van der Waals surface area contributed by atoms with Gasteiger partial charge < -0.3 is 0 Å². The van der Waals surface area contributed by atoms with Crippen molar-refractivity contribution in [1.82, 2.24) is 4.98 Å². The lowest BCUT2D eigenvalue weighted by Crippen LogP contribution is -2.42. The number of pyridine rings is 1. The van der Waals surface area contributed by atoms with Gasteiger partial charge in [-0.05, 0) is 65.0 Å². The summed E-state index contributed by atoms with van der Waals surface area (Å²) in [6, 6.07) is 2.14. The van der Waals surface area contributed by atoms with E-state index in [4.69, 9.17) is 4.98 Å². The number of halogens is 1. The summed E-state index contributed by atoms with van der Waals surface area (Å²) in [5.74, 6) is 0.966. The van der Waals surface area contributed by atoms with Gasteiger partial charge in [0.1, 0.15) is 5.83 Å². The molecule has 0 N–H and O–H groups in total. The number of nitrogens with zero attached hydrogens (tertiary/aromatic N) is 1. The Labute approximate surface area is 180 Å². The Bertz CT molecular complexity index is 1140. The monoisotopic (exact) mass is 403 g/mol. The van der Waals surface area contributed by atoms with Crippen LogP contribution in [-0.2, 0) is 0 Å². The molecule has 1 aromatic rings. The number of rotatable bonds is 4. The minimum atomic E-state index is -0.345. The summed E-state index contributed by atoms with van der Waals surface area (Å²) in [5, 5.41) is 2.56. The van der Waals surface area contributed by atoms with Crippen molar-refractivity contribution in [3.63, 3.8) is 0 Å². The van der Waals surface area contributed by atoms with Crippen LogP contribution in [0.15, 0.2) is 41.9 Å². The van der Waals surface area contributed by atoms with Gasteiger partial charge in [-0.2, -0.15) is 0 Å². The number of aromatic nitrogens is 1. The first-order valence-corrected chi connectivity index (χ1v) is 11.7. The Kier molecular flexibility index (Phi) is 4.18. The zero-order valence-corrected chi connectivity index (χ0v) is 19.3. The Morgan fingerprint density at radius 3 is 2.63 bits per heavy atom. The molecule has 2 heteroatoms. The summed E-state index contributed by atoms with van der Waals surface area (Å²) in [5.41, 5.74) is 4.19. The molecule has 0 aromatic carbocycles. The lowest BCUT2D eigenvalue weighted by molar-refractivity contribution is 0.397. The molecule has 158 valence electrons. The zero-order valence-electron chi connectivity index (χ0n) is 19.3. The third-order valence-electron chi connectivity index (χ3n) is 8.29. The van der Waals surface area contributed by atoms with Crippen LogP contribution in [-0.4, -0.2) is 4.98 Å². The zero-order chi connectivity index (χ0) is 21.5. The van der Waals surface area contributed by atoms with Crippen molar-refractivity contribution in [2.24, 2.45) is 28.1 Å². The lowest BCUT2D eigenvalue weighted by atomic mass is 9.59. The molecular formula is C28H34FN. The van der Waals surface area contributed by atoms with Crippen LogP contribution < -0.4 is 10.4 Å². The van der Waals surface area contributed by atoms with E-state index in [-0.39, 0.29) is 22.1 Å². The van der Waals surface area contributed by atoms with E-state index in [0.717, 1.165) is 24.1 Å². The van der Waals surface area contributed by atoms with Crippen LogP contribution >= 0.6 is 0 Å². The van der Waals surface area contributed by atoms with Crippen LogP contribution in [0.5, 0.6) is 0 Å². The summed E-state index contributed by atoms with van der Waals surface area (Å²) >= 11 is 0. The second kappa shape index (κ2) is 6.28. The van der Waals surface area contributed by atoms with Crippen molar-refractivity contribution in [3.05, 3.63) is 58.0 Å². The average molecular weight is 404 g/mol. The van der Waals surface area contributed by atoms with Gasteiger partial charge in [-0.3, -0.25) is 4.98 Å². The fourth-order valence-electron chi connectivity index (χ4n) is 7.22. The molecule has 0 amide bonds. The number of fused-ring (bicyclic) bond motifs is 1. The minimum Gasteiger partial charge on any atom is -0.256 e. The molecule has 0 radical (unpaired) electrons. The van der Waals surface area contributed by atoms with Gasteiger partial charge in [0.15, 0.2) is 0 Å². The molecule has 4 aliphatic rings. The molecule has 1 fully saturated rings. The molecule has 30 heavy (non-hydrogen) atoms. The molecule has 0 bridgehead atoms. The van der Waals surface area contributed by atoms with Gasteiger partial charge in [0, 0.05) is 27.8 Å². The molecule has 0 aliphatic heterocycles. The number of hydrogen-bond acceptors (Lipinski definition) is 1. The maximum atomic E-state index is 15.6. The maximum absolute atomic E-state index is 15.6. The summed E-state index contributed by atoms with van der Waals surface area (Å²) in [6.45, 7) is 13.5. The van der Waals surface area contributed by atoms with E-state index in [0.29, 0.717) is 11.8 Å². The fourth-order valence-corrected chi connectivity index (χ4v) is 7.22. The first kappa shape index (κ1) is 20.0. The Morgan fingerprint density at radius 2 is 1.97 bits per heavy atom. The first-order chi connectivity index (χ1) is 14.2. The molecule has 0 saturated heterocycles. The van der Waals surface area contributed by atoms with Crippen molar-refractivity contribution < 1.29 is 4.39 Å². The largest absolute Gasteiger partial charge is 0.256 e. The summed E-state index contributed by atoms with van der Waals surface area (Å²) in [6.07, 6.45) is 15.2. The summed E-state index contributed by atoms with van der Waals surface area (Å²) in [7, 11) is 0. The van der Waals surface area contributed by atoms with Crippen LogP contribution in [0.4, 0.5) is 4.39 Å². The Morgan fingerprint density at radius 1 is 1.20 bits per heavy atom. The van der Waals surface area contributed by atoms with E-state index >= 15 is 4.39 Å². The van der Waals surface area contributed by atoms with Gasteiger partial charge in [-0.1, -0.05) is 66.2 Å². The van der Waals surface area contributed by atoms with E-state index in [1.807, 2.05) is 12.3 Å². The quantitative estimate of drug-likeness (QED) is 0.553. The molecule has 5 rings (SSSR count). The van der Waals surface area contributed by atoms with Crippen molar-refractivity contribution in [3.8, 4) is 0 Å². The predicted octanol–water partition coefficient (Wildman–Crippen LogP) is 6.10. The van der Waals surface area contributed by atoms with E-state index in [2.05, 4.69) is 65.8 Å². The van der Waals surface area contributed by atoms with Gasteiger partial charge in [0.25, 0.3) is 0 Å². The third-order valence-corrected chi connectivity index (χ3v) is 8.29. The Hall–Kier alpha value is -1.96. The van der Waals surface area contributed by atoms with E-state index in [9.17, 15) is 0 Å². The van der Waals surface area contributed by atoms with Gasteiger partial charge in [0.2, 0.25) is 0 Å². The topological polar surface area (TPSA) is 12.9 Å². The molecule has 1 saturated carbocycles.